The maximum atomic E-state index is 7.41. The monoisotopic (exact) mass is 468 g/mol. The topological polar surface area (TPSA) is 55.2 Å². The van der Waals surface area contributed by atoms with Crippen LogP contribution in [0, 0.1) is 12.0 Å². The van der Waals surface area contributed by atoms with Gasteiger partial charge in [-0.15, -0.1) is 0 Å². The summed E-state index contributed by atoms with van der Waals surface area (Å²) in [5, 5.41) is 2.16. The molecule has 0 saturated carbocycles. The Balaban J connectivity index is 1.49. The molecule has 6 rings (SSSR count). The highest BCUT2D eigenvalue weighted by molar-refractivity contribution is 6.31. The van der Waals surface area contributed by atoms with Gasteiger partial charge in [-0.05, 0) is 84.2 Å². The van der Waals surface area contributed by atoms with Crippen molar-refractivity contribution in [2.75, 3.05) is 7.05 Å². The lowest BCUT2D eigenvalue weighted by molar-refractivity contribution is -0.224. The van der Waals surface area contributed by atoms with Crippen molar-refractivity contribution in [1.29, 1.82) is 0 Å². The van der Waals surface area contributed by atoms with Gasteiger partial charge >= 0.3 is 0 Å². The largest absolute Gasteiger partial charge is 0.368 e. The van der Waals surface area contributed by atoms with Crippen LogP contribution in [0.1, 0.15) is 35.1 Å². The van der Waals surface area contributed by atoms with Crippen molar-refractivity contribution in [3.63, 3.8) is 0 Å². The Morgan fingerprint density at radius 2 is 1.74 bits per heavy atom. The quantitative estimate of drug-likeness (QED) is 0.444. The molecule has 0 fully saturated rings. The van der Waals surface area contributed by atoms with Crippen LogP contribution in [-0.4, -0.2) is 18.1 Å². The molecule has 2 aliphatic carbocycles. The first kappa shape index (κ1) is 21.2. The molecule has 5 nitrogen and oxygen atoms in total. The molecule has 1 atom stereocenters. The van der Waals surface area contributed by atoms with Crippen molar-refractivity contribution in [2.24, 2.45) is 16.1 Å². The maximum absolute atomic E-state index is 7.41. The molecule has 3 aliphatic rings. The number of rotatable bonds is 1. The smallest absolute Gasteiger partial charge is 0.220 e. The lowest BCUT2D eigenvalue weighted by Crippen LogP contribution is -2.43. The van der Waals surface area contributed by atoms with Gasteiger partial charge in [-0.25, -0.2) is 19.7 Å². The molecule has 1 unspecified atom stereocenters. The fourth-order valence-corrected chi connectivity index (χ4v) is 6.29. The van der Waals surface area contributed by atoms with Gasteiger partial charge in [-0.3, -0.25) is 0 Å². The summed E-state index contributed by atoms with van der Waals surface area (Å²) >= 11 is 6.32. The second-order valence-electron chi connectivity index (χ2n) is 9.61. The summed E-state index contributed by atoms with van der Waals surface area (Å²) in [6.45, 7) is 7.41. The van der Waals surface area contributed by atoms with Crippen LogP contribution in [0.3, 0.4) is 0 Å². The van der Waals surface area contributed by atoms with Gasteiger partial charge in [-0.1, -0.05) is 48.0 Å². The molecule has 170 valence electrons. The number of hydrogen-bond donors (Lipinski definition) is 1. The summed E-state index contributed by atoms with van der Waals surface area (Å²) in [4.78, 5) is 15.2. The van der Waals surface area contributed by atoms with E-state index in [-0.39, 0.29) is 5.41 Å². The highest BCUT2D eigenvalue weighted by Gasteiger charge is 2.62. The van der Waals surface area contributed by atoms with Crippen LogP contribution in [0.5, 0.6) is 0 Å². The lowest BCUT2D eigenvalue weighted by Gasteiger charge is -2.40. The number of halogens is 1. The van der Waals surface area contributed by atoms with Gasteiger partial charge < -0.3 is 5.73 Å². The first-order chi connectivity index (χ1) is 16.4. The minimum atomic E-state index is -0.861. The molecule has 3 aromatic rings. The zero-order chi connectivity index (χ0) is 23.5. The molecular formula is C28H25ClN4O. The first-order valence-corrected chi connectivity index (χ1v) is 12.0. The van der Waals surface area contributed by atoms with E-state index in [4.69, 9.17) is 33.7 Å². The number of nitrogens with two attached hydrogens (primary N) is 1. The highest BCUT2D eigenvalue weighted by Crippen LogP contribution is 2.61. The molecule has 0 aromatic heterocycles. The standard InChI is InChI=1S/C28H25ClN4O/c1-31-24-14-22(13-23(29)16-24)20-7-8-21-17-27(11-9-18-5-3-4-6-19(18)10-12-27)28(25(21)15-20)32-26(30)33(2)34-28/h3-8,13-16H,9-12,17H2,2H3,(H2,30,32). The minimum absolute atomic E-state index is 0.196. The van der Waals surface area contributed by atoms with Crippen molar-refractivity contribution in [2.45, 2.75) is 37.8 Å². The molecule has 6 heteroatoms. The molecule has 1 aliphatic heterocycles. The minimum Gasteiger partial charge on any atom is -0.368 e. The second kappa shape index (κ2) is 7.59. The van der Waals surface area contributed by atoms with Crippen LogP contribution < -0.4 is 5.73 Å². The van der Waals surface area contributed by atoms with E-state index in [1.54, 1.807) is 11.1 Å². The molecule has 0 radical (unpaired) electrons. The third-order valence-corrected chi connectivity index (χ3v) is 8.01. The summed E-state index contributed by atoms with van der Waals surface area (Å²) in [6, 6.07) is 20.7. The molecule has 2 spiro atoms. The number of guanidine groups is 1. The number of aliphatic imine (C=N–C) groups is 1. The number of nitrogens with zero attached hydrogens (tertiary/aromatic N) is 3. The SMILES string of the molecule is [C-]#[N+]c1cc(Cl)cc(-c2ccc3c(c2)C2(N=C(N)N(C)O2)C2(CCc4ccccc4CC2)C3)c1. The van der Waals surface area contributed by atoms with Gasteiger partial charge in [0.15, 0.2) is 5.69 Å². The predicted octanol–water partition coefficient (Wildman–Crippen LogP) is 6.02. The van der Waals surface area contributed by atoms with Crippen LogP contribution in [0.15, 0.2) is 65.7 Å². The van der Waals surface area contributed by atoms with Crippen LogP contribution in [0.4, 0.5) is 5.69 Å². The number of aryl methyl sites for hydroxylation is 2. The summed E-state index contributed by atoms with van der Waals surface area (Å²) in [5.41, 5.74) is 12.8. The molecule has 3 aromatic carbocycles. The van der Waals surface area contributed by atoms with E-state index in [9.17, 15) is 0 Å². The van der Waals surface area contributed by atoms with Crippen LogP contribution in [-0.2, 0) is 29.8 Å². The Morgan fingerprint density at radius 1 is 1.00 bits per heavy atom. The van der Waals surface area contributed by atoms with Crippen LogP contribution in [0.25, 0.3) is 16.0 Å². The van der Waals surface area contributed by atoms with E-state index in [0.717, 1.165) is 48.8 Å². The predicted molar refractivity (Wildman–Crippen MR) is 135 cm³/mol. The summed E-state index contributed by atoms with van der Waals surface area (Å²) in [6.07, 6.45) is 4.81. The van der Waals surface area contributed by atoms with E-state index in [2.05, 4.69) is 47.3 Å². The van der Waals surface area contributed by atoms with Gasteiger partial charge in [0.25, 0.3) is 0 Å². The van der Waals surface area contributed by atoms with Crippen molar-refractivity contribution in [3.05, 3.63) is 99.4 Å². The molecule has 1 heterocycles. The van der Waals surface area contributed by atoms with Crippen molar-refractivity contribution in [1.82, 2.24) is 5.06 Å². The number of hydroxylamine groups is 2. The Kier molecular flexibility index (Phi) is 4.74. The molecule has 0 bridgehead atoms. The van der Waals surface area contributed by atoms with E-state index in [0.29, 0.717) is 16.7 Å². The Bertz CT molecular complexity index is 1360. The van der Waals surface area contributed by atoms with Crippen LogP contribution >= 0.6 is 11.6 Å². The van der Waals surface area contributed by atoms with Gasteiger partial charge in [0, 0.05) is 23.0 Å². The number of benzene rings is 3. The van der Waals surface area contributed by atoms with Crippen molar-refractivity contribution in [3.8, 4) is 11.1 Å². The Hall–Kier alpha value is -3.33. The summed E-state index contributed by atoms with van der Waals surface area (Å²) < 4.78 is 0. The lowest BCUT2D eigenvalue weighted by atomic mass is 9.71. The van der Waals surface area contributed by atoms with Gasteiger partial charge in [0.2, 0.25) is 11.7 Å². The fraction of sp³-hybridized carbons (Fsp3) is 0.286. The van der Waals surface area contributed by atoms with Gasteiger partial charge in [0.05, 0.1) is 6.57 Å². The summed E-state index contributed by atoms with van der Waals surface area (Å²) in [7, 11) is 1.83. The average Bonchev–Trinajstić information content (AvgIpc) is 3.19. The van der Waals surface area contributed by atoms with Gasteiger partial charge in [-0.2, -0.15) is 0 Å². The zero-order valence-electron chi connectivity index (χ0n) is 19.0. The molecule has 0 saturated heterocycles. The maximum Gasteiger partial charge on any atom is 0.220 e. The zero-order valence-corrected chi connectivity index (χ0v) is 19.8. The van der Waals surface area contributed by atoms with E-state index >= 15 is 0 Å². The third-order valence-electron chi connectivity index (χ3n) is 7.80. The number of fused-ring (bicyclic) bond motifs is 4. The molecule has 34 heavy (non-hydrogen) atoms. The first-order valence-electron chi connectivity index (χ1n) is 11.6. The summed E-state index contributed by atoms with van der Waals surface area (Å²) in [5.74, 6) is 0.400. The van der Waals surface area contributed by atoms with Gasteiger partial charge in [0.1, 0.15) is 0 Å². The normalized spacial score (nSPS) is 22.3. The van der Waals surface area contributed by atoms with E-state index in [1.807, 2.05) is 19.2 Å². The molecule has 2 N–H and O–H groups in total. The number of hydrogen-bond acceptors (Lipinski definition) is 4. The Morgan fingerprint density at radius 3 is 2.38 bits per heavy atom. The second-order valence-corrected chi connectivity index (χ2v) is 10.0. The van der Waals surface area contributed by atoms with Crippen molar-refractivity contribution < 1.29 is 4.84 Å². The van der Waals surface area contributed by atoms with E-state index in [1.165, 1.54) is 16.7 Å². The Labute approximate surface area is 204 Å². The average molecular weight is 469 g/mol. The fourth-order valence-electron chi connectivity index (χ4n) is 6.06. The third kappa shape index (κ3) is 3.06. The van der Waals surface area contributed by atoms with Crippen LogP contribution in [0.2, 0.25) is 5.02 Å². The van der Waals surface area contributed by atoms with Crippen molar-refractivity contribution >= 4 is 23.2 Å². The highest BCUT2D eigenvalue weighted by atomic mass is 35.5. The molecular weight excluding hydrogens is 444 g/mol. The van der Waals surface area contributed by atoms with E-state index < -0.39 is 5.72 Å². The molecule has 0 amide bonds.